The quantitative estimate of drug-likeness (QED) is 0.332. The fourth-order valence-corrected chi connectivity index (χ4v) is 3.25. The van der Waals surface area contributed by atoms with Gasteiger partial charge in [-0.25, -0.2) is 10.8 Å². The zero-order valence-electron chi connectivity index (χ0n) is 12.8. The number of hydrogen-bond acceptors (Lipinski definition) is 2. The molecule has 2 aliphatic rings. The third-order valence-electron chi connectivity index (χ3n) is 4.72. The maximum absolute atomic E-state index is 5.70. The summed E-state index contributed by atoms with van der Waals surface area (Å²) >= 11 is 0. The molecule has 0 aromatic carbocycles. The van der Waals surface area contributed by atoms with Gasteiger partial charge < -0.3 is 4.90 Å². The van der Waals surface area contributed by atoms with Gasteiger partial charge in [0.1, 0.15) is 0 Å². The van der Waals surface area contributed by atoms with Gasteiger partial charge in [-0.1, -0.05) is 40.0 Å². The molecular weight excluding hydrogens is 236 g/mol. The van der Waals surface area contributed by atoms with Crippen molar-refractivity contribution in [1.82, 2.24) is 10.3 Å². The smallest absolute Gasteiger partial charge is 0.208 e. The molecular formula is C15H30N4. The fraction of sp³-hybridized carbons (Fsp3) is 0.933. The Morgan fingerprint density at radius 2 is 1.84 bits per heavy atom. The van der Waals surface area contributed by atoms with Crippen LogP contribution < -0.4 is 11.3 Å². The second-order valence-electron chi connectivity index (χ2n) is 7.19. The maximum atomic E-state index is 5.70. The monoisotopic (exact) mass is 266 g/mol. The first-order valence-corrected chi connectivity index (χ1v) is 7.80. The SMILES string of the molecule is CC(C)(C)C1CCN(C(=NC2CCCCC2)NN)C1. The van der Waals surface area contributed by atoms with E-state index < -0.39 is 0 Å². The van der Waals surface area contributed by atoms with Crippen molar-refractivity contribution in [2.24, 2.45) is 22.2 Å². The lowest BCUT2D eigenvalue weighted by molar-refractivity contribution is 0.249. The molecule has 0 amide bonds. The molecule has 1 unspecified atom stereocenters. The van der Waals surface area contributed by atoms with Gasteiger partial charge >= 0.3 is 0 Å². The molecule has 0 radical (unpaired) electrons. The van der Waals surface area contributed by atoms with Crippen LogP contribution in [0.4, 0.5) is 0 Å². The molecule has 1 atom stereocenters. The Morgan fingerprint density at radius 3 is 2.37 bits per heavy atom. The second-order valence-corrected chi connectivity index (χ2v) is 7.19. The molecule has 4 nitrogen and oxygen atoms in total. The topological polar surface area (TPSA) is 53.6 Å². The van der Waals surface area contributed by atoms with Crippen molar-refractivity contribution in [3.63, 3.8) is 0 Å². The highest BCUT2D eigenvalue weighted by atomic mass is 15.4. The van der Waals surface area contributed by atoms with Crippen molar-refractivity contribution in [2.45, 2.75) is 65.3 Å². The van der Waals surface area contributed by atoms with Crippen LogP contribution in [0.15, 0.2) is 4.99 Å². The van der Waals surface area contributed by atoms with Gasteiger partial charge in [-0.3, -0.25) is 5.43 Å². The summed E-state index contributed by atoms with van der Waals surface area (Å²) in [5, 5.41) is 0. The first-order chi connectivity index (χ1) is 9.00. The minimum atomic E-state index is 0.374. The van der Waals surface area contributed by atoms with Crippen LogP contribution in [0, 0.1) is 11.3 Å². The van der Waals surface area contributed by atoms with Gasteiger partial charge in [0.15, 0.2) is 0 Å². The number of nitrogens with one attached hydrogen (secondary N) is 1. The zero-order valence-corrected chi connectivity index (χ0v) is 12.8. The lowest BCUT2D eigenvalue weighted by atomic mass is 9.80. The van der Waals surface area contributed by atoms with Gasteiger partial charge in [-0.05, 0) is 30.6 Å². The Balaban J connectivity index is 1.96. The van der Waals surface area contributed by atoms with Gasteiger partial charge in [0, 0.05) is 13.1 Å². The molecule has 1 aliphatic carbocycles. The summed E-state index contributed by atoms with van der Waals surface area (Å²) < 4.78 is 0. The van der Waals surface area contributed by atoms with Crippen molar-refractivity contribution in [3.05, 3.63) is 0 Å². The predicted octanol–water partition coefficient (Wildman–Crippen LogP) is 2.51. The first kappa shape index (κ1) is 14.6. The van der Waals surface area contributed by atoms with Gasteiger partial charge in [0.25, 0.3) is 0 Å². The van der Waals surface area contributed by atoms with Crippen LogP contribution in [-0.4, -0.2) is 30.0 Å². The van der Waals surface area contributed by atoms with Crippen molar-refractivity contribution in [2.75, 3.05) is 13.1 Å². The molecule has 4 heteroatoms. The van der Waals surface area contributed by atoms with Crippen LogP contribution in [0.5, 0.6) is 0 Å². The Kier molecular flexibility index (Phi) is 4.71. The lowest BCUT2D eigenvalue weighted by Gasteiger charge is -2.28. The highest BCUT2D eigenvalue weighted by Gasteiger charge is 2.33. The van der Waals surface area contributed by atoms with Gasteiger partial charge in [0.05, 0.1) is 6.04 Å². The minimum absolute atomic E-state index is 0.374. The van der Waals surface area contributed by atoms with Crippen LogP contribution in [0.25, 0.3) is 0 Å². The molecule has 0 aromatic heterocycles. The van der Waals surface area contributed by atoms with Gasteiger partial charge in [0.2, 0.25) is 5.96 Å². The van der Waals surface area contributed by atoms with Crippen LogP contribution in [-0.2, 0) is 0 Å². The van der Waals surface area contributed by atoms with Crippen LogP contribution >= 0.6 is 0 Å². The van der Waals surface area contributed by atoms with E-state index in [9.17, 15) is 0 Å². The number of guanidine groups is 1. The molecule has 1 saturated heterocycles. The molecule has 2 fully saturated rings. The highest BCUT2D eigenvalue weighted by molar-refractivity contribution is 5.79. The standard InChI is InChI=1S/C15H30N4/c1-15(2,3)12-9-10-19(11-12)14(18-16)17-13-7-5-4-6-8-13/h12-13H,4-11,16H2,1-3H3,(H,17,18). The van der Waals surface area contributed by atoms with Gasteiger partial charge in [-0.2, -0.15) is 0 Å². The van der Waals surface area contributed by atoms with E-state index in [1.54, 1.807) is 0 Å². The van der Waals surface area contributed by atoms with Crippen LogP contribution in [0.2, 0.25) is 0 Å². The van der Waals surface area contributed by atoms with E-state index in [-0.39, 0.29) is 0 Å². The number of nitrogens with zero attached hydrogens (tertiary/aromatic N) is 2. The van der Waals surface area contributed by atoms with E-state index in [1.165, 1.54) is 38.5 Å². The van der Waals surface area contributed by atoms with Gasteiger partial charge in [-0.15, -0.1) is 0 Å². The summed E-state index contributed by atoms with van der Waals surface area (Å²) in [4.78, 5) is 7.20. The molecule has 3 N–H and O–H groups in total. The van der Waals surface area contributed by atoms with E-state index in [0.717, 1.165) is 25.0 Å². The minimum Gasteiger partial charge on any atom is -0.342 e. The van der Waals surface area contributed by atoms with E-state index in [4.69, 9.17) is 10.8 Å². The zero-order chi connectivity index (χ0) is 13.9. The van der Waals surface area contributed by atoms with Crippen LogP contribution in [0.3, 0.4) is 0 Å². The molecule has 0 bridgehead atoms. The van der Waals surface area contributed by atoms with Crippen LogP contribution in [0.1, 0.15) is 59.3 Å². The van der Waals surface area contributed by atoms with Crippen molar-refractivity contribution < 1.29 is 0 Å². The Labute approximate surface area is 117 Å². The first-order valence-electron chi connectivity index (χ1n) is 7.80. The lowest BCUT2D eigenvalue weighted by Crippen LogP contribution is -2.45. The van der Waals surface area contributed by atoms with E-state index in [0.29, 0.717) is 11.5 Å². The number of rotatable bonds is 1. The third-order valence-corrected chi connectivity index (χ3v) is 4.72. The average Bonchev–Trinajstić information content (AvgIpc) is 2.86. The number of aliphatic imine (C=N–C) groups is 1. The largest absolute Gasteiger partial charge is 0.342 e. The highest BCUT2D eigenvalue weighted by Crippen LogP contribution is 2.33. The van der Waals surface area contributed by atoms with E-state index in [1.807, 2.05) is 0 Å². The fourth-order valence-electron chi connectivity index (χ4n) is 3.25. The summed E-state index contributed by atoms with van der Waals surface area (Å²) in [6, 6.07) is 0.480. The summed E-state index contributed by atoms with van der Waals surface area (Å²) in [5.74, 6) is 7.35. The summed E-state index contributed by atoms with van der Waals surface area (Å²) in [6.07, 6.45) is 7.69. The van der Waals surface area contributed by atoms with E-state index >= 15 is 0 Å². The average molecular weight is 266 g/mol. The molecule has 19 heavy (non-hydrogen) atoms. The second kappa shape index (κ2) is 6.12. The Hall–Kier alpha value is -0.770. The number of hydrazine groups is 1. The Morgan fingerprint density at radius 1 is 1.16 bits per heavy atom. The number of likely N-dealkylation sites (tertiary alicyclic amines) is 1. The molecule has 110 valence electrons. The third kappa shape index (κ3) is 3.85. The molecule has 1 aliphatic heterocycles. The summed E-state index contributed by atoms with van der Waals surface area (Å²) in [5.41, 5.74) is 3.21. The molecule has 1 saturated carbocycles. The van der Waals surface area contributed by atoms with E-state index in [2.05, 4.69) is 31.1 Å². The maximum Gasteiger partial charge on any atom is 0.208 e. The Bertz CT molecular complexity index is 313. The number of nitrogens with two attached hydrogens (primary N) is 1. The van der Waals surface area contributed by atoms with Crippen molar-refractivity contribution in [3.8, 4) is 0 Å². The molecule has 0 aromatic rings. The van der Waals surface area contributed by atoms with Crippen molar-refractivity contribution >= 4 is 5.96 Å². The van der Waals surface area contributed by atoms with Crippen molar-refractivity contribution in [1.29, 1.82) is 0 Å². The molecule has 1 heterocycles. The summed E-state index contributed by atoms with van der Waals surface area (Å²) in [6.45, 7) is 9.15. The molecule has 2 rings (SSSR count). The number of hydrogen-bond donors (Lipinski definition) is 2. The molecule has 0 spiro atoms. The predicted molar refractivity (Wildman–Crippen MR) is 80.8 cm³/mol. The normalized spacial score (nSPS) is 26.8. The summed E-state index contributed by atoms with van der Waals surface area (Å²) in [7, 11) is 0.